The molecular formula is C21H24N4OS. The average molecular weight is 381 g/mol. The predicted molar refractivity (Wildman–Crippen MR) is 116 cm³/mol. The number of anilines is 1. The molecule has 0 aliphatic heterocycles. The molecule has 3 rings (SSSR count). The smallest absolute Gasteiger partial charge is 0.275 e. The van der Waals surface area contributed by atoms with Crippen LogP contribution in [-0.2, 0) is 0 Å². The van der Waals surface area contributed by atoms with Crippen molar-refractivity contribution in [2.75, 3.05) is 5.32 Å². The highest BCUT2D eigenvalue weighted by Gasteiger charge is 2.16. The van der Waals surface area contributed by atoms with Crippen molar-refractivity contribution >= 4 is 43.2 Å². The molecule has 3 heterocycles. The van der Waals surface area contributed by atoms with E-state index in [1.54, 1.807) is 23.2 Å². The van der Waals surface area contributed by atoms with Gasteiger partial charge in [-0.2, -0.15) is 0 Å². The van der Waals surface area contributed by atoms with E-state index < -0.39 is 0 Å². The second-order valence-electron chi connectivity index (χ2n) is 6.51. The maximum atomic E-state index is 13.2. The lowest BCUT2D eigenvalue weighted by Crippen LogP contribution is -2.19. The van der Waals surface area contributed by atoms with Gasteiger partial charge in [-0.25, -0.2) is 9.97 Å². The summed E-state index contributed by atoms with van der Waals surface area (Å²) < 4.78 is 2.22. The number of nitrogens with one attached hydrogen (secondary N) is 1. The van der Waals surface area contributed by atoms with Gasteiger partial charge >= 0.3 is 0 Å². The first-order chi connectivity index (χ1) is 13.1. The SMILES string of the molecule is C=C/C=C(\C/C=C\CC)n1cnc2c(sc3nccc(NC(C)C)c32)c1=O. The fourth-order valence-electron chi connectivity index (χ4n) is 2.94. The molecular weight excluding hydrogens is 356 g/mol. The van der Waals surface area contributed by atoms with Crippen LogP contribution in [0.3, 0.4) is 0 Å². The molecule has 0 aliphatic rings. The number of hydrogen-bond acceptors (Lipinski definition) is 5. The molecule has 0 aromatic carbocycles. The number of aromatic nitrogens is 3. The van der Waals surface area contributed by atoms with Crippen molar-refractivity contribution in [2.24, 2.45) is 0 Å². The third-order valence-corrected chi connectivity index (χ3v) is 5.15. The van der Waals surface area contributed by atoms with Crippen LogP contribution in [0.15, 0.2) is 54.3 Å². The Morgan fingerprint density at radius 3 is 2.89 bits per heavy atom. The molecule has 0 spiro atoms. The van der Waals surface area contributed by atoms with Crippen molar-refractivity contribution in [1.29, 1.82) is 0 Å². The van der Waals surface area contributed by atoms with E-state index in [0.717, 1.165) is 28.0 Å². The summed E-state index contributed by atoms with van der Waals surface area (Å²) in [4.78, 5) is 23.1. The van der Waals surface area contributed by atoms with Crippen LogP contribution in [-0.4, -0.2) is 20.6 Å². The largest absolute Gasteiger partial charge is 0.382 e. The second-order valence-corrected chi connectivity index (χ2v) is 7.51. The van der Waals surface area contributed by atoms with Crippen LogP contribution in [0.2, 0.25) is 0 Å². The molecule has 140 valence electrons. The van der Waals surface area contributed by atoms with Crippen LogP contribution >= 0.6 is 11.3 Å². The van der Waals surface area contributed by atoms with E-state index in [0.29, 0.717) is 16.6 Å². The molecule has 0 radical (unpaired) electrons. The summed E-state index contributed by atoms with van der Waals surface area (Å²) in [5.74, 6) is 0. The topological polar surface area (TPSA) is 59.8 Å². The fourth-order valence-corrected chi connectivity index (χ4v) is 3.99. The van der Waals surface area contributed by atoms with Crippen molar-refractivity contribution in [3.8, 4) is 0 Å². The van der Waals surface area contributed by atoms with E-state index in [-0.39, 0.29) is 11.6 Å². The molecule has 0 atom stereocenters. The lowest BCUT2D eigenvalue weighted by atomic mass is 10.2. The van der Waals surface area contributed by atoms with E-state index >= 15 is 0 Å². The number of allylic oxidation sites excluding steroid dienone is 5. The molecule has 27 heavy (non-hydrogen) atoms. The Morgan fingerprint density at radius 1 is 1.37 bits per heavy atom. The summed E-state index contributed by atoms with van der Waals surface area (Å²) in [6.07, 6.45) is 12.7. The zero-order valence-corrected chi connectivity index (χ0v) is 16.7. The van der Waals surface area contributed by atoms with Gasteiger partial charge in [0.05, 0.1) is 10.9 Å². The van der Waals surface area contributed by atoms with Crippen molar-refractivity contribution in [2.45, 2.75) is 39.7 Å². The standard InChI is InChI=1S/C21H24N4OS/c1-5-7-8-10-15(9-6-2)25-13-23-18-17-16(24-14(3)4)11-12-22-20(17)27-19(18)21(25)26/h6-9,11-14H,2,5,10H2,1,3-4H3,(H,22,24)/b8-7-,15-9+. The van der Waals surface area contributed by atoms with Crippen molar-refractivity contribution in [1.82, 2.24) is 14.5 Å². The quantitative estimate of drug-likeness (QED) is 0.451. The number of fused-ring (bicyclic) bond motifs is 3. The van der Waals surface area contributed by atoms with Crippen molar-refractivity contribution in [3.05, 3.63) is 59.8 Å². The molecule has 0 bridgehead atoms. The molecule has 0 fully saturated rings. The van der Waals surface area contributed by atoms with Gasteiger partial charge in [0, 0.05) is 30.0 Å². The van der Waals surface area contributed by atoms with E-state index in [2.05, 4.69) is 54.8 Å². The van der Waals surface area contributed by atoms with Crippen LogP contribution in [0, 0.1) is 0 Å². The predicted octanol–water partition coefficient (Wildman–Crippen LogP) is 5.21. The van der Waals surface area contributed by atoms with Crippen LogP contribution < -0.4 is 10.9 Å². The Morgan fingerprint density at radius 2 is 2.19 bits per heavy atom. The maximum absolute atomic E-state index is 13.2. The maximum Gasteiger partial charge on any atom is 0.275 e. The Bertz CT molecular complexity index is 1090. The van der Waals surface area contributed by atoms with Gasteiger partial charge in [0.15, 0.2) is 0 Å². The van der Waals surface area contributed by atoms with Crippen LogP contribution in [0.25, 0.3) is 26.1 Å². The zero-order chi connectivity index (χ0) is 19.4. The van der Waals surface area contributed by atoms with E-state index in [9.17, 15) is 4.79 Å². The Hall–Kier alpha value is -2.73. The monoisotopic (exact) mass is 380 g/mol. The normalized spacial score (nSPS) is 12.5. The Balaban J connectivity index is 2.19. The van der Waals surface area contributed by atoms with Crippen molar-refractivity contribution in [3.63, 3.8) is 0 Å². The summed E-state index contributed by atoms with van der Waals surface area (Å²) in [6, 6.07) is 2.21. The van der Waals surface area contributed by atoms with E-state index in [1.807, 2.05) is 12.1 Å². The van der Waals surface area contributed by atoms with Crippen LogP contribution in [0.5, 0.6) is 0 Å². The summed E-state index contributed by atoms with van der Waals surface area (Å²) in [5, 5.41) is 4.33. The first kappa shape index (κ1) is 19.0. The lowest BCUT2D eigenvalue weighted by Gasteiger charge is -2.11. The summed E-state index contributed by atoms with van der Waals surface area (Å²) in [7, 11) is 0. The molecule has 0 aliphatic carbocycles. The molecule has 5 nitrogen and oxygen atoms in total. The number of nitrogens with zero attached hydrogens (tertiary/aromatic N) is 3. The van der Waals surface area contributed by atoms with Crippen LogP contribution in [0.4, 0.5) is 5.69 Å². The van der Waals surface area contributed by atoms with Gasteiger partial charge in [0.25, 0.3) is 5.56 Å². The number of thiophene rings is 1. The molecule has 6 heteroatoms. The van der Waals surface area contributed by atoms with Gasteiger partial charge < -0.3 is 5.32 Å². The van der Waals surface area contributed by atoms with Gasteiger partial charge in [0.2, 0.25) is 0 Å². The number of pyridine rings is 1. The van der Waals surface area contributed by atoms with E-state index in [1.165, 1.54) is 11.3 Å². The first-order valence-electron chi connectivity index (χ1n) is 9.09. The highest BCUT2D eigenvalue weighted by molar-refractivity contribution is 7.25. The van der Waals surface area contributed by atoms with Gasteiger partial charge in [-0.1, -0.05) is 31.7 Å². The summed E-state index contributed by atoms with van der Waals surface area (Å²) in [5.41, 5.74) is 2.43. The van der Waals surface area contributed by atoms with Gasteiger partial charge in [0.1, 0.15) is 15.9 Å². The molecule has 3 aromatic rings. The van der Waals surface area contributed by atoms with Gasteiger partial charge in [-0.15, -0.1) is 11.3 Å². The lowest BCUT2D eigenvalue weighted by molar-refractivity contribution is 0.901. The summed E-state index contributed by atoms with van der Waals surface area (Å²) in [6.45, 7) is 10.0. The third-order valence-electron chi connectivity index (χ3n) is 4.08. The van der Waals surface area contributed by atoms with E-state index in [4.69, 9.17) is 0 Å². The van der Waals surface area contributed by atoms with Gasteiger partial charge in [-0.05, 0) is 32.4 Å². The second kappa shape index (κ2) is 8.31. The van der Waals surface area contributed by atoms with Crippen LogP contribution in [0.1, 0.15) is 33.6 Å². The zero-order valence-electron chi connectivity index (χ0n) is 15.9. The highest BCUT2D eigenvalue weighted by Crippen LogP contribution is 2.34. The molecule has 1 N–H and O–H groups in total. The number of rotatable bonds is 7. The minimum atomic E-state index is -0.0727. The Labute approximate surface area is 162 Å². The fraction of sp³-hybridized carbons (Fsp3) is 0.286. The molecule has 3 aromatic heterocycles. The highest BCUT2D eigenvalue weighted by atomic mass is 32.1. The molecule has 0 saturated heterocycles. The minimum absolute atomic E-state index is 0.0727. The molecule has 0 saturated carbocycles. The molecule has 0 amide bonds. The van der Waals surface area contributed by atoms with Gasteiger partial charge in [-0.3, -0.25) is 9.36 Å². The first-order valence-corrected chi connectivity index (χ1v) is 9.90. The average Bonchev–Trinajstić information content (AvgIpc) is 3.02. The molecule has 0 unspecified atom stereocenters. The third kappa shape index (κ3) is 3.85. The summed E-state index contributed by atoms with van der Waals surface area (Å²) >= 11 is 1.39. The Kier molecular flexibility index (Phi) is 5.86. The number of hydrogen-bond donors (Lipinski definition) is 1. The minimum Gasteiger partial charge on any atom is -0.382 e. The van der Waals surface area contributed by atoms with Crippen molar-refractivity contribution < 1.29 is 0 Å².